The van der Waals surface area contributed by atoms with Crippen LogP contribution in [-0.2, 0) is 19.1 Å². The molecule has 0 spiro atoms. The van der Waals surface area contributed by atoms with E-state index in [-0.39, 0.29) is 16.2 Å². The Hall–Kier alpha value is -0.240. The van der Waals surface area contributed by atoms with Crippen molar-refractivity contribution in [2.75, 3.05) is 39.6 Å². The Morgan fingerprint density at radius 3 is 1.56 bits per heavy atom. The molecule has 0 saturated carbocycles. The number of nitrogens with zero attached hydrogens (tertiary/aromatic N) is 1. The van der Waals surface area contributed by atoms with Gasteiger partial charge >= 0.3 is 0 Å². The normalized spacial score (nSPS) is 24.7. The van der Waals surface area contributed by atoms with Crippen LogP contribution in [0.5, 0.6) is 0 Å². The van der Waals surface area contributed by atoms with Crippen LogP contribution in [0.4, 0.5) is 0 Å². The summed E-state index contributed by atoms with van der Waals surface area (Å²) in [5.41, 5.74) is -0.0118. The summed E-state index contributed by atoms with van der Waals surface area (Å²) in [5, 5.41) is 11.7. The van der Waals surface area contributed by atoms with Crippen LogP contribution in [0.15, 0.2) is 0 Å². The van der Waals surface area contributed by atoms with Gasteiger partial charge in [0, 0.05) is 10.8 Å². The lowest BCUT2D eigenvalue weighted by Gasteiger charge is -2.44. The Balaban J connectivity index is 1.64. The molecule has 2 saturated heterocycles. The van der Waals surface area contributed by atoms with Gasteiger partial charge in [0.25, 0.3) is 0 Å². The summed E-state index contributed by atoms with van der Waals surface area (Å²) in [6, 6.07) is 0. The fourth-order valence-corrected chi connectivity index (χ4v) is 1.98. The zero-order valence-electron chi connectivity index (χ0n) is 11.1. The summed E-state index contributed by atoms with van der Waals surface area (Å²) < 4.78 is 10.3. The first-order valence-corrected chi connectivity index (χ1v) is 6.52. The molecule has 2 rings (SSSR count). The minimum absolute atomic E-state index is 0.00591. The van der Waals surface area contributed by atoms with E-state index in [1.807, 2.05) is 0 Å². The minimum Gasteiger partial charge on any atom is -0.738 e. The summed E-state index contributed by atoms with van der Waals surface area (Å²) in [7, 11) is 0. The molecule has 0 aromatic carbocycles. The maximum Gasteiger partial charge on any atom is 0.0800 e. The van der Waals surface area contributed by atoms with Crippen molar-refractivity contribution >= 4 is 0 Å². The van der Waals surface area contributed by atoms with E-state index >= 15 is 0 Å². The van der Waals surface area contributed by atoms with Gasteiger partial charge in [-0.1, -0.05) is 13.8 Å². The molecule has 0 aliphatic carbocycles. The van der Waals surface area contributed by atoms with E-state index in [0.717, 1.165) is 12.8 Å². The molecule has 0 unspecified atom stereocenters. The van der Waals surface area contributed by atoms with Crippen LogP contribution >= 0.6 is 0 Å². The predicted octanol–water partition coefficient (Wildman–Crippen LogP) is 1.50. The fraction of sp³-hybridized carbons (Fsp3) is 1.00. The SMILES string of the molecule is CCC1(CON([O-])OCC2(CC)COC2)COC1. The summed E-state index contributed by atoms with van der Waals surface area (Å²) in [6.07, 6.45) is 1.88. The van der Waals surface area contributed by atoms with Gasteiger partial charge in [-0.2, -0.15) is 0 Å². The number of hydrogen-bond donors (Lipinski definition) is 0. The summed E-state index contributed by atoms with van der Waals surface area (Å²) in [4.78, 5) is 10.2. The van der Waals surface area contributed by atoms with Crippen molar-refractivity contribution in [2.45, 2.75) is 26.7 Å². The van der Waals surface area contributed by atoms with Crippen molar-refractivity contribution in [2.24, 2.45) is 10.8 Å². The van der Waals surface area contributed by atoms with Crippen LogP contribution < -0.4 is 0 Å². The van der Waals surface area contributed by atoms with E-state index in [1.54, 1.807) is 0 Å². The maximum atomic E-state index is 11.4. The molecule has 2 aliphatic rings. The molecule has 0 N–H and O–H groups in total. The van der Waals surface area contributed by atoms with Crippen LogP contribution in [0.25, 0.3) is 0 Å². The largest absolute Gasteiger partial charge is 0.738 e. The van der Waals surface area contributed by atoms with Gasteiger partial charge in [-0.3, -0.25) is 9.68 Å². The Morgan fingerprint density at radius 2 is 1.33 bits per heavy atom. The van der Waals surface area contributed by atoms with Crippen molar-refractivity contribution in [3.8, 4) is 0 Å². The second-order valence-electron chi connectivity index (χ2n) is 5.46. The maximum absolute atomic E-state index is 11.4. The van der Waals surface area contributed by atoms with Crippen LogP contribution in [0, 0.1) is 16.0 Å². The third-order valence-electron chi connectivity index (χ3n) is 4.09. The molecule has 0 aromatic heterocycles. The van der Waals surface area contributed by atoms with Gasteiger partial charge in [-0.25, -0.2) is 0 Å². The average Bonchev–Trinajstić information content (AvgIpc) is 2.27. The van der Waals surface area contributed by atoms with E-state index in [1.165, 1.54) is 0 Å². The molecule has 0 bridgehead atoms. The first-order chi connectivity index (χ1) is 8.64. The lowest BCUT2D eigenvalue weighted by molar-refractivity contribution is -0.371. The monoisotopic (exact) mass is 260 g/mol. The molecule has 0 amide bonds. The molecule has 18 heavy (non-hydrogen) atoms. The highest BCUT2D eigenvalue weighted by Crippen LogP contribution is 2.33. The second kappa shape index (κ2) is 5.81. The van der Waals surface area contributed by atoms with E-state index in [9.17, 15) is 5.21 Å². The summed E-state index contributed by atoms with van der Waals surface area (Å²) in [6.45, 7) is 7.47. The van der Waals surface area contributed by atoms with Gasteiger partial charge in [-0.05, 0) is 12.8 Å². The minimum atomic E-state index is -0.00591. The van der Waals surface area contributed by atoms with E-state index in [2.05, 4.69) is 13.8 Å². The molecule has 6 nitrogen and oxygen atoms in total. The lowest BCUT2D eigenvalue weighted by atomic mass is 9.84. The van der Waals surface area contributed by atoms with Gasteiger partial charge in [0.1, 0.15) is 0 Å². The fourth-order valence-electron chi connectivity index (χ4n) is 1.98. The van der Waals surface area contributed by atoms with Crippen LogP contribution in [0.1, 0.15) is 26.7 Å². The van der Waals surface area contributed by atoms with E-state index in [4.69, 9.17) is 19.1 Å². The van der Waals surface area contributed by atoms with E-state index < -0.39 is 0 Å². The molecular formula is C12H22NO5-. The van der Waals surface area contributed by atoms with Gasteiger partial charge in [-0.15, -0.1) is 5.39 Å². The van der Waals surface area contributed by atoms with Crippen molar-refractivity contribution in [3.63, 3.8) is 0 Å². The lowest BCUT2D eigenvalue weighted by Crippen LogP contribution is -2.48. The molecule has 2 fully saturated rings. The molecule has 0 aromatic rings. The molecule has 0 radical (unpaired) electrons. The standard InChI is InChI=1S/C12H22NO5/c1-3-11(5-15-6-11)9-17-13(14)18-10-12(4-2)7-16-8-12/h3-10H2,1-2H3/q-1. The van der Waals surface area contributed by atoms with Crippen LogP contribution in [0.2, 0.25) is 0 Å². The van der Waals surface area contributed by atoms with Crippen molar-refractivity contribution < 1.29 is 19.1 Å². The highest BCUT2D eigenvalue weighted by Gasteiger charge is 2.39. The number of hydrogen-bond acceptors (Lipinski definition) is 6. The van der Waals surface area contributed by atoms with Crippen LogP contribution in [-0.4, -0.2) is 45.0 Å². The van der Waals surface area contributed by atoms with Gasteiger partial charge < -0.3 is 14.7 Å². The van der Waals surface area contributed by atoms with E-state index in [0.29, 0.717) is 39.6 Å². The highest BCUT2D eigenvalue weighted by molar-refractivity contribution is 4.84. The molecule has 2 heterocycles. The number of rotatable bonds is 8. The van der Waals surface area contributed by atoms with Crippen molar-refractivity contribution in [1.82, 2.24) is 5.39 Å². The first-order valence-electron chi connectivity index (χ1n) is 6.52. The number of ether oxygens (including phenoxy) is 2. The zero-order valence-corrected chi connectivity index (χ0v) is 11.1. The smallest absolute Gasteiger partial charge is 0.0800 e. The Labute approximate surface area is 108 Å². The van der Waals surface area contributed by atoms with Crippen molar-refractivity contribution in [1.29, 1.82) is 0 Å². The zero-order chi connectivity index (χ0) is 13.1. The van der Waals surface area contributed by atoms with Gasteiger partial charge in [0.15, 0.2) is 0 Å². The molecule has 106 valence electrons. The van der Waals surface area contributed by atoms with Gasteiger partial charge in [0.2, 0.25) is 0 Å². The second-order valence-corrected chi connectivity index (χ2v) is 5.46. The predicted molar refractivity (Wildman–Crippen MR) is 64.2 cm³/mol. The topological polar surface area (TPSA) is 63.2 Å². The van der Waals surface area contributed by atoms with Crippen LogP contribution in [0.3, 0.4) is 0 Å². The highest BCUT2D eigenvalue weighted by atomic mass is 17.1. The Bertz CT molecular complexity index is 228. The molecular weight excluding hydrogens is 238 g/mol. The summed E-state index contributed by atoms with van der Waals surface area (Å²) >= 11 is 0. The van der Waals surface area contributed by atoms with Crippen molar-refractivity contribution in [3.05, 3.63) is 5.21 Å². The van der Waals surface area contributed by atoms with Gasteiger partial charge in [0.05, 0.1) is 39.6 Å². The molecule has 6 heteroatoms. The Kier molecular flexibility index (Phi) is 4.58. The molecule has 0 atom stereocenters. The quantitative estimate of drug-likeness (QED) is 0.616. The third kappa shape index (κ3) is 3.01. The Morgan fingerprint density at radius 1 is 0.944 bits per heavy atom. The molecule has 2 aliphatic heterocycles. The third-order valence-corrected chi connectivity index (χ3v) is 4.09. The summed E-state index contributed by atoms with van der Waals surface area (Å²) in [5.74, 6) is 0. The first kappa shape index (κ1) is 14.2. The average molecular weight is 260 g/mol.